The maximum absolute atomic E-state index is 13.9. The molecule has 0 bridgehead atoms. The fourth-order valence-corrected chi connectivity index (χ4v) is 6.61. The van der Waals surface area contributed by atoms with Gasteiger partial charge in [0.2, 0.25) is 0 Å². The Morgan fingerprint density at radius 2 is 1.78 bits per heavy atom. The number of non-ortho nitro benzene ring substituents is 1. The number of rotatable bonds is 10. The summed E-state index contributed by atoms with van der Waals surface area (Å²) >= 11 is 1.55. The lowest BCUT2D eigenvalue weighted by atomic mass is 9.85. The van der Waals surface area contributed by atoms with Gasteiger partial charge in [0.15, 0.2) is 17.0 Å². The van der Waals surface area contributed by atoms with Gasteiger partial charge in [-0.05, 0) is 79.3 Å². The zero-order valence-corrected chi connectivity index (χ0v) is 24.1. The molecule has 9 heteroatoms. The highest BCUT2D eigenvalue weighted by atomic mass is 32.2. The zero-order chi connectivity index (χ0) is 28.8. The number of carbonyl (C=O) groups is 1. The molecule has 5 rings (SSSR count). The van der Waals surface area contributed by atoms with Crippen LogP contribution in [0.1, 0.15) is 50.7 Å². The average Bonchev–Trinajstić information content (AvgIpc) is 3.27. The van der Waals surface area contributed by atoms with Crippen molar-refractivity contribution in [2.24, 2.45) is 5.92 Å². The zero-order valence-electron chi connectivity index (χ0n) is 23.3. The quantitative estimate of drug-likeness (QED) is 0.153. The summed E-state index contributed by atoms with van der Waals surface area (Å²) in [5, 5.41) is 14.5. The van der Waals surface area contributed by atoms with Gasteiger partial charge in [0.1, 0.15) is 6.61 Å². The number of nitrogens with one attached hydrogen (secondary N) is 1. The van der Waals surface area contributed by atoms with Crippen molar-refractivity contribution in [3.63, 3.8) is 0 Å². The number of hydrogen-bond donors (Lipinski definition) is 1. The summed E-state index contributed by atoms with van der Waals surface area (Å²) in [6.45, 7) is 4.86. The molecule has 1 amide bonds. The van der Waals surface area contributed by atoms with E-state index in [9.17, 15) is 14.9 Å². The van der Waals surface area contributed by atoms with Crippen LogP contribution in [0.3, 0.4) is 0 Å². The predicted molar refractivity (Wildman–Crippen MR) is 163 cm³/mol. The van der Waals surface area contributed by atoms with E-state index in [1.54, 1.807) is 23.9 Å². The Bertz CT molecular complexity index is 1400. The van der Waals surface area contributed by atoms with Crippen LogP contribution in [0.5, 0.6) is 11.5 Å². The molecule has 1 heterocycles. The van der Waals surface area contributed by atoms with Crippen LogP contribution in [-0.4, -0.2) is 33.9 Å². The SMILES string of the molecule is CCOc1cc(/C=C2\SC(Nc3ccccc3)N([C@H]3CCCC[C@@H]3C)C2=O)ccc1OCc1ccc([N+](=O)[O-])cc1. The van der Waals surface area contributed by atoms with Crippen LogP contribution in [0.25, 0.3) is 6.08 Å². The number of nitrogens with zero attached hydrogens (tertiary/aromatic N) is 2. The van der Waals surface area contributed by atoms with Crippen LogP contribution in [-0.2, 0) is 11.4 Å². The van der Waals surface area contributed by atoms with Crippen molar-refractivity contribution in [3.05, 3.63) is 98.9 Å². The minimum Gasteiger partial charge on any atom is -0.490 e. The highest BCUT2D eigenvalue weighted by Crippen LogP contribution is 2.42. The molecule has 0 spiro atoms. The predicted octanol–water partition coefficient (Wildman–Crippen LogP) is 7.46. The molecule has 1 saturated heterocycles. The minimum atomic E-state index is -0.423. The molecule has 3 atom stereocenters. The molecule has 8 nitrogen and oxygen atoms in total. The van der Waals surface area contributed by atoms with E-state index < -0.39 is 4.92 Å². The van der Waals surface area contributed by atoms with Crippen LogP contribution in [0.15, 0.2) is 77.7 Å². The van der Waals surface area contributed by atoms with E-state index in [0.717, 1.165) is 36.1 Å². The highest BCUT2D eigenvalue weighted by Gasteiger charge is 2.42. The number of benzene rings is 3. The first-order chi connectivity index (χ1) is 19.9. The third-order valence-corrected chi connectivity index (χ3v) is 8.65. The molecule has 214 valence electrons. The van der Waals surface area contributed by atoms with Gasteiger partial charge in [0.25, 0.3) is 11.6 Å². The number of ether oxygens (including phenoxy) is 2. The van der Waals surface area contributed by atoms with Crippen molar-refractivity contribution in [1.29, 1.82) is 0 Å². The number of hydrogen-bond acceptors (Lipinski definition) is 7. The van der Waals surface area contributed by atoms with Gasteiger partial charge in [0, 0.05) is 23.9 Å². The standard InChI is InChI=1S/C32H35N3O5S/c1-3-39-29-19-24(15-18-28(29)40-21-23-13-16-26(17-14-23)35(37)38)20-30-31(36)34(27-12-8-7-9-22(27)2)32(41-30)33-25-10-5-4-6-11-25/h4-6,10-11,13-20,22,27,32-33H,3,7-9,12,21H2,1-2H3/b30-20-/t22-,27-,32?/m0/s1. The number of para-hydroxylation sites is 1. The van der Waals surface area contributed by atoms with Crippen LogP contribution in [0, 0.1) is 16.0 Å². The number of nitro benzene ring substituents is 1. The van der Waals surface area contributed by atoms with Crippen molar-refractivity contribution in [2.45, 2.75) is 57.7 Å². The molecule has 3 aromatic carbocycles. The van der Waals surface area contributed by atoms with Crippen LogP contribution >= 0.6 is 11.8 Å². The summed E-state index contributed by atoms with van der Waals surface area (Å²) in [4.78, 5) is 27.1. The summed E-state index contributed by atoms with van der Waals surface area (Å²) in [5.41, 5.74) is 2.51. The third-order valence-electron chi connectivity index (χ3n) is 7.53. The second kappa shape index (κ2) is 13.1. The topological polar surface area (TPSA) is 93.9 Å². The summed E-state index contributed by atoms with van der Waals surface area (Å²) in [7, 11) is 0. The Hall–Kier alpha value is -3.98. The molecule has 1 N–H and O–H groups in total. The molecule has 2 aliphatic rings. The average molecular weight is 574 g/mol. The van der Waals surface area contributed by atoms with Gasteiger partial charge in [-0.25, -0.2) is 0 Å². The maximum atomic E-state index is 13.9. The fourth-order valence-electron chi connectivity index (χ4n) is 5.40. The van der Waals surface area contributed by atoms with E-state index in [1.807, 2.05) is 61.5 Å². The van der Waals surface area contributed by atoms with Crippen molar-refractivity contribution < 1.29 is 19.2 Å². The Morgan fingerprint density at radius 3 is 2.49 bits per heavy atom. The molecule has 3 aromatic rings. The lowest BCUT2D eigenvalue weighted by molar-refractivity contribution is -0.384. The lowest BCUT2D eigenvalue weighted by Gasteiger charge is -2.39. The molecule has 0 radical (unpaired) electrons. The van der Waals surface area contributed by atoms with Crippen molar-refractivity contribution in [3.8, 4) is 11.5 Å². The van der Waals surface area contributed by atoms with E-state index in [4.69, 9.17) is 9.47 Å². The molecular formula is C32H35N3O5S. The van der Waals surface area contributed by atoms with E-state index in [1.165, 1.54) is 18.6 Å². The van der Waals surface area contributed by atoms with Crippen LogP contribution < -0.4 is 14.8 Å². The van der Waals surface area contributed by atoms with Crippen LogP contribution in [0.4, 0.5) is 11.4 Å². The van der Waals surface area contributed by atoms with E-state index in [0.29, 0.717) is 28.9 Å². The molecule has 1 aliphatic heterocycles. The Kier molecular flexibility index (Phi) is 9.14. The van der Waals surface area contributed by atoms with Gasteiger partial charge < -0.3 is 19.7 Å². The largest absolute Gasteiger partial charge is 0.490 e. The molecule has 1 saturated carbocycles. The smallest absolute Gasteiger partial charge is 0.269 e. The molecule has 1 unspecified atom stereocenters. The first-order valence-electron chi connectivity index (χ1n) is 14.1. The maximum Gasteiger partial charge on any atom is 0.269 e. The van der Waals surface area contributed by atoms with Gasteiger partial charge >= 0.3 is 0 Å². The number of carbonyl (C=O) groups excluding carboxylic acids is 1. The van der Waals surface area contributed by atoms with Gasteiger partial charge in [-0.1, -0.05) is 55.8 Å². The molecule has 2 fully saturated rings. The van der Waals surface area contributed by atoms with E-state index >= 15 is 0 Å². The fraction of sp³-hybridized carbons (Fsp3) is 0.344. The molecule has 0 aromatic heterocycles. The van der Waals surface area contributed by atoms with Gasteiger partial charge in [0.05, 0.1) is 16.4 Å². The summed E-state index contributed by atoms with van der Waals surface area (Å²) in [6, 6.07) is 22.2. The van der Waals surface area contributed by atoms with E-state index in [-0.39, 0.29) is 29.7 Å². The first kappa shape index (κ1) is 28.5. The molecular weight excluding hydrogens is 538 g/mol. The Morgan fingerprint density at radius 1 is 1.02 bits per heavy atom. The Balaban J connectivity index is 1.36. The summed E-state index contributed by atoms with van der Waals surface area (Å²) in [6.07, 6.45) is 6.44. The van der Waals surface area contributed by atoms with Crippen molar-refractivity contribution in [1.82, 2.24) is 4.90 Å². The molecule has 1 aliphatic carbocycles. The minimum absolute atomic E-state index is 0.0400. The van der Waals surface area contributed by atoms with Crippen LogP contribution in [0.2, 0.25) is 0 Å². The van der Waals surface area contributed by atoms with Crippen molar-refractivity contribution >= 4 is 35.1 Å². The second-order valence-corrected chi connectivity index (χ2v) is 11.5. The van der Waals surface area contributed by atoms with Crippen molar-refractivity contribution in [2.75, 3.05) is 11.9 Å². The highest BCUT2D eigenvalue weighted by molar-refractivity contribution is 8.05. The summed E-state index contributed by atoms with van der Waals surface area (Å²) in [5.74, 6) is 1.65. The Labute approximate surface area is 244 Å². The number of thioether (sulfide) groups is 1. The van der Waals surface area contributed by atoms with Gasteiger partial charge in [-0.2, -0.15) is 0 Å². The van der Waals surface area contributed by atoms with E-state index in [2.05, 4.69) is 17.1 Å². The number of anilines is 1. The number of nitro groups is 1. The first-order valence-corrected chi connectivity index (χ1v) is 15.0. The number of amides is 1. The monoisotopic (exact) mass is 573 g/mol. The third kappa shape index (κ3) is 6.85. The second-order valence-electron chi connectivity index (χ2n) is 10.4. The van der Waals surface area contributed by atoms with Gasteiger partial charge in [-0.3, -0.25) is 14.9 Å². The normalized spacial score (nSPS) is 21.6. The molecule has 41 heavy (non-hydrogen) atoms. The summed E-state index contributed by atoms with van der Waals surface area (Å²) < 4.78 is 11.9. The lowest BCUT2D eigenvalue weighted by Crippen LogP contribution is -2.48. The van der Waals surface area contributed by atoms with Gasteiger partial charge in [-0.15, -0.1) is 0 Å².